The third-order valence-electron chi connectivity index (χ3n) is 1.93. The molecule has 0 spiro atoms. The quantitative estimate of drug-likeness (QED) is 0.695. The van der Waals surface area contributed by atoms with Crippen LogP contribution < -0.4 is 5.32 Å². The number of aliphatic hydroxyl groups excluding tert-OH is 1. The predicted molar refractivity (Wildman–Crippen MR) is 71.1 cm³/mol. The number of hydrogen-bond donors (Lipinski definition) is 2. The van der Waals surface area contributed by atoms with Crippen LogP contribution in [0.5, 0.6) is 0 Å². The van der Waals surface area contributed by atoms with Crippen LogP contribution in [-0.4, -0.2) is 31.0 Å². The molecular weight excluding hydrogens is 241 g/mol. The van der Waals surface area contributed by atoms with Gasteiger partial charge >= 0.3 is 8.03 Å². The molecule has 6 heteroatoms. The molecule has 0 aliphatic heterocycles. The number of hydrogen-bond acceptors (Lipinski definition) is 4. The van der Waals surface area contributed by atoms with Crippen molar-refractivity contribution >= 4 is 13.9 Å². The molecule has 0 aliphatic rings. The molecule has 0 heterocycles. The maximum Gasteiger partial charge on any atom is 0.529 e. The highest BCUT2D eigenvalue weighted by Crippen LogP contribution is 2.19. The third-order valence-corrected chi connectivity index (χ3v) is 2.89. The van der Waals surface area contributed by atoms with Gasteiger partial charge in [-0.3, -0.25) is 4.79 Å². The number of amides is 1. The molecule has 5 nitrogen and oxygen atoms in total. The molecule has 0 aliphatic carbocycles. The summed E-state index contributed by atoms with van der Waals surface area (Å²) in [6.45, 7) is 8.21. The molecule has 2 atom stereocenters. The van der Waals surface area contributed by atoms with Crippen LogP contribution in [0, 0.1) is 11.8 Å². The molecule has 0 bridgehead atoms. The smallest absolute Gasteiger partial charge is 0.400 e. The van der Waals surface area contributed by atoms with Crippen LogP contribution in [0.25, 0.3) is 0 Å². The maximum atomic E-state index is 11.5. The minimum absolute atomic E-state index is 0. The standard InChI is InChI=1S/C10H20NO3P.CH4O.H2/c1-5-14-15(13)7-11-10(12)9(4)6-8(2)3;1-2;/h8-9H,5-7H2,1-4H3;2H,1H3;1H/p+1/t9-;;/m0../s1. The molecule has 104 valence electrons. The van der Waals surface area contributed by atoms with E-state index in [1.165, 1.54) is 0 Å². The third kappa shape index (κ3) is 11.7. The zero-order valence-electron chi connectivity index (χ0n) is 11.4. The Hall–Kier alpha value is -0.510. The van der Waals surface area contributed by atoms with Crippen molar-refractivity contribution in [1.29, 1.82) is 0 Å². The van der Waals surface area contributed by atoms with E-state index >= 15 is 0 Å². The normalized spacial score (nSPS) is 12.5. The molecule has 0 aromatic heterocycles. The van der Waals surface area contributed by atoms with Gasteiger partial charge in [-0.25, -0.2) is 0 Å². The Labute approximate surface area is 106 Å². The first-order valence-electron chi connectivity index (χ1n) is 5.77. The lowest BCUT2D eigenvalue weighted by atomic mass is 9.98. The lowest BCUT2D eigenvalue weighted by Gasteiger charge is -2.11. The minimum Gasteiger partial charge on any atom is -0.400 e. The van der Waals surface area contributed by atoms with Gasteiger partial charge in [-0.05, 0) is 23.8 Å². The van der Waals surface area contributed by atoms with Gasteiger partial charge in [0.25, 0.3) is 0 Å². The molecule has 17 heavy (non-hydrogen) atoms. The molecule has 0 aromatic carbocycles. The zero-order chi connectivity index (χ0) is 13.8. The van der Waals surface area contributed by atoms with Crippen LogP contribution in [0.2, 0.25) is 0 Å². The van der Waals surface area contributed by atoms with E-state index in [9.17, 15) is 9.36 Å². The van der Waals surface area contributed by atoms with Crippen molar-refractivity contribution in [1.82, 2.24) is 5.32 Å². The fourth-order valence-electron chi connectivity index (χ4n) is 1.32. The second-order valence-corrected chi connectivity index (χ2v) is 5.22. The van der Waals surface area contributed by atoms with E-state index in [0.29, 0.717) is 12.5 Å². The van der Waals surface area contributed by atoms with Gasteiger partial charge in [0.05, 0.1) is 6.61 Å². The van der Waals surface area contributed by atoms with Crippen LogP contribution in [0.15, 0.2) is 0 Å². The predicted octanol–water partition coefficient (Wildman–Crippen LogP) is 2.38. The second-order valence-electron chi connectivity index (χ2n) is 3.98. The van der Waals surface area contributed by atoms with E-state index in [2.05, 4.69) is 19.2 Å². The average Bonchev–Trinajstić information content (AvgIpc) is 2.28. The summed E-state index contributed by atoms with van der Waals surface area (Å²) in [6, 6.07) is 0. The monoisotopic (exact) mass is 268 g/mol. The van der Waals surface area contributed by atoms with Crippen LogP contribution in [-0.2, 0) is 13.9 Å². The van der Waals surface area contributed by atoms with Gasteiger partial charge < -0.3 is 10.4 Å². The van der Waals surface area contributed by atoms with E-state index in [1.807, 2.05) is 6.92 Å². The average molecular weight is 268 g/mol. The summed E-state index contributed by atoms with van der Waals surface area (Å²) >= 11 is 0. The van der Waals surface area contributed by atoms with E-state index in [-0.39, 0.29) is 19.5 Å². The number of nitrogens with one attached hydrogen (secondary N) is 1. The van der Waals surface area contributed by atoms with Crippen LogP contribution in [0.1, 0.15) is 35.5 Å². The molecular formula is C11H27NO4P+. The van der Waals surface area contributed by atoms with Crippen molar-refractivity contribution in [3.05, 3.63) is 0 Å². The molecule has 1 unspecified atom stereocenters. The number of carbonyl (C=O) groups is 1. The lowest BCUT2D eigenvalue weighted by Crippen LogP contribution is -2.29. The van der Waals surface area contributed by atoms with E-state index in [0.717, 1.165) is 13.5 Å². The summed E-state index contributed by atoms with van der Waals surface area (Å²) in [5.74, 6) is 0.410. The first kappa shape index (κ1) is 18.8. The molecule has 2 N–H and O–H groups in total. The molecule has 0 saturated carbocycles. The summed E-state index contributed by atoms with van der Waals surface area (Å²) in [7, 11) is -0.740. The topological polar surface area (TPSA) is 75.6 Å². The highest BCUT2D eigenvalue weighted by atomic mass is 31.1. The van der Waals surface area contributed by atoms with Crippen molar-refractivity contribution in [3.8, 4) is 0 Å². The maximum absolute atomic E-state index is 11.5. The Bertz CT molecular complexity index is 227. The largest absolute Gasteiger partial charge is 0.529 e. The molecule has 0 fully saturated rings. The van der Waals surface area contributed by atoms with E-state index < -0.39 is 8.03 Å². The van der Waals surface area contributed by atoms with Gasteiger partial charge in [-0.2, -0.15) is 0 Å². The van der Waals surface area contributed by atoms with Gasteiger partial charge in [-0.15, -0.1) is 4.52 Å². The number of aliphatic hydroxyl groups is 1. The number of rotatable bonds is 7. The Morgan fingerprint density at radius 2 is 1.94 bits per heavy atom. The molecule has 0 rings (SSSR count). The summed E-state index contributed by atoms with van der Waals surface area (Å²) < 4.78 is 16.0. The summed E-state index contributed by atoms with van der Waals surface area (Å²) in [5.41, 5.74) is 0. The Kier molecular flexibility index (Phi) is 13.3. The van der Waals surface area contributed by atoms with Crippen LogP contribution in [0.3, 0.4) is 0 Å². The minimum atomic E-state index is -1.74. The van der Waals surface area contributed by atoms with Crippen molar-refractivity contribution in [3.63, 3.8) is 0 Å². The summed E-state index contributed by atoms with van der Waals surface area (Å²) in [5, 5.41) is 9.62. The summed E-state index contributed by atoms with van der Waals surface area (Å²) in [6.07, 6.45) is 0.960. The van der Waals surface area contributed by atoms with Crippen molar-refractivity contribution in [2.24, 2.45) is 11.8 Å². The Morgan fingerprint density at radius 3 is 2.35 bits per heavy atom. The van der Waals surface area contributed by atoms with Crippen molar-refractivity contribution < 1.29 is 20.4 Å². The fraction of sp³-hybridized carbons (Fsp3) is 0.909. The van der Waals surface area contributed by atoms with Gasteiger partial charge in [0.1, 0.15) is 0 Å². The number of carbonyl (C=O) groups excluding carboxylic acids is 1. The summed E-state index contributed by atoms with van der Waals surface area (Å²) in [4.78, 5) is 11.5. The molecule has 0 aromatic rings. The van der Waals surface area contributed by atoms with Crippen LogP contribution >= 0.6 is 8.03 Å². The Morgan fingerprint density at radius 1 is 1.41 bits per heavy atom. The SMILES string of the molecule is CCO[P+](=O)CNC(=O)[C@@H](C)CC(C)C.CO.[HH]. The van der Waals surface area contributed by atoms with Crippen molar-refractivity contribution in [2.75, 3.05) is 20.0 Å². The van der Waals surface area contributed by atoms with E-state index in [4.69, 9.17) is 9.63 Å². The first-order chi connectivity index (χ1) is 7.97. The van der Waals surface area contributed by atoms with Gasteiger partial charge in [-0.1, -0.05) is 20.8 Å². The van der Waals surface area contributed by atoms with E-state index in [1.54, 1.807) is 6.92 Å². The molecule has 0 saturated heterocycles. The highest BCUT2D eigenvalue weighted by molar-refractivity contribution is 7.39. The second kappa shape index (κ2) is 12.0. The van der Waals surface area contributed by atoms with Crippen LogP contribution in [0.4, 0.5) is 0 Å². The van der Waals surface area contributed by atoms with Gasteiger partial charge in [0, 0.05) is 14.5 Å². The molecule has 0 radical (unpaired) electrons. The fourth-order valence-corrected chi connectivity index (χ4v) is 1.98. The molecule has 1 amide bonds. The first-order valence-corrected chi connectivity index (χ1v) is 7.13. The Balaban J connectivity index is -0.000000709. The highest BCUT2D eigenvalue weighted by Gasteiger charge is 2.20. The van der Waals surface area contributed by atoms with Gasteiger partial charge in [0.2, 0.25) is 12.2 Å². The lowest BCUT2D eigenvalue weighted by molar-refractivity contribution is -0.124. The zero-order valence-corrected chi connectivity index (χ0v) is 12.3. The van der Waals surface area contributed by atoms with Crippen molar-refractivity contribution in [2.45, 2.75) is 34.1 Å². The van der Waals surface area contributed by atoms with Gasteiger partial charge in [0.15, 0.2) is 0 Å².